The number of carbonyl (C=O) groups is 1. The minimum absolute atomic E-state index is 0.00565. The molecule has 2 aromatic heterocycles. The van der Waals surface area contributed by atoms with E-state index in [9.17, 15) is 17.6 Å². The summed E-state index contributed by atoms with van der Waals surface area (Å²) in [5.74, 6) is -0.566. The van der Waals surface area contributed by atoms with Crippen molar-refractivity contribution in [3.05, 3.63) is 60.1 Å². The lowest BCUT2D eigenvalue weighted by Crippen LogP contribution is -2.48. The van der Waals surface area contributed by atoms with E-state index < -0.39 is 10.0 Å². The number of hydrogen-bond donors (Lipinski definition) is 1. The molecule has 33 heavy (non-hydrogen) atoms. The summed E-state index contributed by atoms with van der Waals surface area (Å²) in [6.45, 7) is 5.88. The molecule has 1 aliphatic heterocycles. The molecule has 1 N–H and O–H groups in total. The summed E-state index contributed by atoms with van der Waals surface area (Å²) < 4.78 is 42.8. The molecule has 3 aromatic rings. The summed E-state index contributed by atoms with van der Waals surface area (Å²) in [6, 6.07) is 6.43. The number of amides is 1. The van der Waals surface area contributed by atoms with Crippen molar-refractivity contribution >= 4 is 32.4 Å². The van der Waals surface area contributed by atoms with E-state index in [2.05, 4.69) is 24.8 Å². The Morgan fingerprint density at radius 1 is 1.18 bits per heavy atom. The van der Waals surface area contributed by atoms with Crippen LogP contribution in [0, 0.1) is 5.82 Å². The zero-order valence-electron chi connectivity index (χ0n) is 18.3. The molecule has 1 amide bonds. The highest BCUT2D eigenvalue weighted by Gasteiger charge is 2.30. The molecule has 0 saturated carbocycles. The third-order valence-electron chi connectivity index (χ3n) is 5.59. The Kier molecular flexibility index (Phi) is 6.88. The van der Waals surface area contributed by atoms with E-state index in [4.69, 9.17) is 0 Å². The van der Waals surface area contributed by atoms with Crippen LogP contribution >= 0.6 is 11.3 Å². The standard InChI is InChI=1S/C21H25FN6O3S2/c1-15(17-3-5-18(22)6-4-17)28-14-23-11-19(28)13-26-7-9-27(10-8-26)33(30,31)20-12-24-21(32-20)25-16(2)29/h3-6,11-12,14-15H,7-10,13H2,1-2H3,(H,24,25,29)/t15-/m1/s1. The van der Waals surface area contributed by atoms with Crippen LogP contribution in [0.4, 0.5) is 9.52 Å². The second kappa shape index (κ2) is 9.67. The van der Waals surface area contributed by atoms with Crippen molar-refractivity contribution in [3.63, 3.8) is 0 Å². The zero-order chi connectivity index (χ0) is 23.6. The monoisotopic (exact) mass is 492 g/mol. The summed E-state index contributed by atoms with van der Waals surface area (Å²) in [7, 11) is -3.66. The average molecular weight is 493 g/mol. The normalized spacial score (nSPS) is 16.6. The maximum Gasteiger partial charge on any atom is 0.254 e. The van der Waals surface area contributed by atoms with E-state index in [-0.39, 0.29) is 27.1 Å². The average Bonchev–Trinajstić information content (AvgIpc) is 3.44. The Bertz CT molecular complexity index is 1220. The van der Waals surface area contributed by atoms with Gasteiger partial charge in [0.1, 0.15) is 5.82 Å². The lowest BCUT2D eigenvalue weighted by atomic mass is 10.1. The van der Waals surface area contributed by atoms with Gasteiger partial charge >= 0.3 is 0 Å². The van der Waals surface area contributed by atoms with Crippen molar-refractivity contribution in [2.45, 2.75) is 30.6 Å². The highest BCUT2D eigenvalue weighted by atomic mass is 32.2. The fourth-order valence-electron chi connectivity index (χ4n) is 3.78. The number of piperazine rings is 1. The fraction of sp³-hybridized carbons (Fsp3) is 0.381. The van der Waals surface area contributed by atoms with E-state index in [1.165, 1.54) is 29.6 Å². The van der Waals surface area contributed by atoms with Gasteiger partial charge in [0.15, 0.2) is 9.34 Å². The van der Waals surface area contributed by atoms with Crippen LogP contribution < -0.4 is 5.32 Å². The first-order chi connectivity index (χ1) is 15.7. The van der Waals surface area contributed by atoms with Gasteiger partial charge in [-0.2, -0.15) is 4.31 Å². The first-order valence-electron chi connectivity index (χ1n) is 10.5. The van der Waals surface area contributed by atoms with Crippen molar-refractivity contribution in [2.24, 2.45) is 0 Å². The number of nitrogens with one attached hydrogen (secondary N) is 1. The van der Waals surface area contributed by atoms with Crippen molar-refractivity contribution in [2.75, 3.05) is 31.5 Å². The second-order valence-electron chi connectivity index (χ2n) is 7.87. The molecule has 0 unspecified atom stereocenters. The number of nitrogens with zero attached hydrogens (tertiary/aromatic N) is 5. The van der Waals surface area contributed by atoms with Gasteiger partial charge in [0.2, 0.25) is 5.91 Å². The van der Waals surface area contributed by atoms with Crippen LogP contribution in [0.25, 0.3) is 0 Å². The maximum absolute atomic E-state index is 13.3. The lowest BCUT2D eigenvalue weighted by Gasteiger charge is -2.33. The molecule has 0 spiro atoms. The summed E-state index contributed by atoms with van der Waals surface area (Å²) in [6.07, 6.45) is 4.86. The van der Waals surface area contributed by atoms with Gasteiger partial charge in [-0.05, 0) is 24.6 Å². The van der Waals surface area contributed by atoms with Gasteiger partial charge in [0.05, 0.1) is 24.3 Å². The van der Waals surface area contributed by atoms with Crippen LogP contribution in [0.1, 0.15) is 31.1 Å². The predicted molar refractivity (Wildman–Crippen MR) is 123 cm³/mol. The number of benzene rings is 1. The van der Waals surface area contributed by atoms with Gasteiger partial charge in [-0.3, -0.25) is 9.69 Å². The van der Waals surface area contributed by atoms with Crippen molar-refractivity contribution in [3.8, 4) is 0 Å². The van der Waals surface area contributed by atoms with Gasteiger partial charge in [0.25, 0.3) is 10.0 Å². The van der Waals surface area contributed by atoms with Crippen LogP contribution in [-0.4, -0.2) is 64.2 Å². The molecule has 0 radical (unpaired) electrons. The molecule has 0 aliphatic carbocycles. The molecule has 12 heteroatoms. The summed E-state index contributed by atoms with van der Waals surface area (Å²) in [5, 5.41) is 2.78. The minimum Gasteiger partial charge on any atom is -0.326 e. The van der Waals surface area contributed by atoms with Crippen LogP contribution in [0.15, 0.2) is 47.2 Å². The Morgan fingerprint density at radius 3 is 2.55 bits per heavy atom. The molecule has 4 rings (SSSR count). The van der Waals surface area contributed by atoms with E-state index in [1.807, 2.05) is 13.1 Å². The molecule has 9 nitrogen and oxygen atoms in total. The molecule has 1 atom stereocenters. The number of imidazole rings is 1. The van der Waals surface area contributed by atoms with Gasteiger partial charge < -0.3 is 9.88 Å². The van der Waals surface area contributed by atoms with Gasteiger partial charge in [0, 0.05) is 45.8 Å². The number of carbonyl (C=O) groups excluding carboxylic acids is 1. The topological polar surface area (TPSA) is 100 Å². The molecule has 1 fully saturated rings. The third-order valence-corrected chi connectivity index (χ3v) is 8.84. The number of sulfonamides is 1. The summed E-state index contributed by atoms with van der Waals surface area (Å²) >= 11 is 0.949. The van der Waals surface area contributed by atoms with Gasteiger partial charge in [-0.25, -0.2) is 22.8 Å². The van der Waals surface area contributed by atoms with Crippen molar-refractivity contribution < 1.29 is 17.6 Å². The van der Waals surface area contributed by atoms with Crippen molar-refractivity contribution in [1.29, 1.82) is 0 Å². The quantitative estimate of drug-likeness (QED) is 0.544. The highest BCUT2D eigenvalue weighted by molar-refractivity contribution is 7.91. The first-order valence-corrected chi connectivity index (χ1v) is 12.7. The van der Waals surface area contributed by atoms with Crippen LogP contribution in [0.3, 0.4) is 0 Å². The number of anilines is 1. The Hall–Kier alpha value is -2.67. The molecular formula is C21H25FN6O3S2. The first kappa shape index (κ1) is 23.5. The van der Waals surface area contributed by atoms with E-state index in [0.717, 1.165) is 22.6 Å². The molecular weight excluding hydrogens is 467 g/mol. The van der Waals surface area contributed by atoms with Crippen LogP contribution in [0.5, 0.6) is 0 Å². The summed E-state index contributed by atoms with van der Waals surface area (Å²) in [4.78, 5) is 21.6. The van der Waals surface area contributed by atoms with E-state index in [0.29, 0.717) is 32.7 Å². The summed E-state index contributed by atoms with van der Waals surface area (Å²) in [5.41, 5.74) is 1.99. The number of hydrogen-bond acceptors (Lipinski definition) is 7. The molecule has 1 aromatic carbocycles. The van der Waals surface area contributed by atoms with Crippen LogP contribution in [0.2, 0.25) is 0 Å². The van der Waals surface area contributed by atoms with Gasteiger partial charge in [-0.15, -0.1) is 0 Å². The van der Waals surface area contributed by atoms with Crippen molar-refractivity contribution in [1.82, 2.24) is 23.7 Å². The Morgan fingerprint density at radius 2 is 1.88 bits per heavy atom. The number of thiazole rings is 1. The van der Waals surface area contributed by atoms with Gasteiger partial charge in [-0.1, -0.05) is 23.5 Å². The highest BCUT2D eigenvalue weighted by Crippen LogP contribution is 2.27. The van der Waals surface area contributed by atoms with Crippen LogP contribution in [-0.2, 0) is 21.4 Å². The Balaban J connectivity index is 1.38. The third kappa shape index (κ3) is 5.29. The Labute approximate surface area is 195 Å². The predicted octanol–water partition coefficient (Wildman–Crippen LogP) is 2.55. The maximum atomic E-state index is 13.3. The SMILES string of the molecule is CC(=O)Nc1ncc(S(=O)(=O)N2CCN(Cc3cncn3[C@H](C)c3ccc(F)cc3)CC2)s1. The largest absolute Gasteiger partial charge is 0.326 e. The molecule has 3 heterocycles. The molecule has 176 valence electrons. The lowest BCUT2D eigenvalue weighted by molar-refractivity contribution is -0.114. The molecule has 1 saturated heterocycles. The molecule has 0 bridgehead atoms. The smallest absolute Gasteiger partial charge is 0.254 e. The zero-order valence-corrected chi connectivity index (χ0v) is 19.9. The molecule has 1 aliphatic rings. The number of rotatable bonds is 7. The fourth-order valence-corrected chi connectivity index (χ4v) is 6.43. The van der Waals surface area contributed by atoms with E-state index >= 15 is 0 Å². The number of halogens is 1. The second-order valence-corrected chi connectivity index (χ2v) is 11.1. The van der Waals surface area contributed by atoms with E-state index in [1.54, 1.807) is 18.5 Å². The minimum atomic E-state index is -3.66. The number of aromatic nitrogens is 3.